The highest BCUT2D eigenvalue weighted by Crippen LogP contribution is 2.37. The molecular weight excluding hydrogens is 172 g/mol. The van der Waals surface area contributed by atoms with E-state index in [9.17, 15) is 0 Å². The van der Waals surface area contributed by atoms with Crippen LogP contribution in [0.3, 0.4) is 0 Å². The van der Waals surface area contributed by atoms with E-state index >= 15 is 0 Å². The number of fused-ring (bicyclic) bond motifs is 1. The van der Waals surface area contributed by atoms with E-state index in [0.29, 0.717) is 0 Å². The maximum absolute atomic E-state index is 3.63. The molecule has 2 heterocycles. The Hall–Kier alpha value is -0.760. The van der Waals surface area contributed by atoms with Crippen molar-refractivity contribution in [2.75, 3.05) is 13.6 Å². The molecule has 0 bridgehead atoms. The summed E-state index contributed by atoms with van der Waals surface area (Å²) in [5, 5.41) is 0. The average Bonchev–Trinajstić information content (AvgIpc) is 2.43. The van der Waals surface area contributed by atoms with Crippen molar-refractivity contribution in [1.29, 1.82) is 0 Å². The molecule has 0 spiro atoms. The summed E-state index contributed by atoms with van der Waals surface area (Å²) >= 11 is 0. The number of nitrogens with zero attached hydrogens (tertiary/aromatic N) is 1. The largest absolute Gasteiger partial charge is 0.362 e. The van der Waals surface area contributed by atoms with Crippen LogP contribution in [-0.2, 0) is 13.0 Å². The van der Waals surface area contributed by atoms with E-state index < -0.39 is 0 Å². The third-order valence-electron chi connectivity index (χ3n) is 3.74. The molecule has 0 aromatic carbocycles. The lowest BCUT2D eigenvalue weighted by molar-refractivity contribution is 0.311. The first-order valence-corrected chi connectivity index (χ1v) is 5.72. The Balaban J connectivity index is 1.87. The molecular formula is C12H18N2. The number of hydrogen-bond acceptors (Lipinski definition) is 1. The lowest BCUT2D eigenvalue weighted by Gasteiger charge is -2.24. The summed E-state index contributed by atoms with van der Waals surface area (Å²) in [6, 6.07) is 2.41. The SMILES string of the molecule is CN1CCc2[nH]c(C3CCC3)cc2C1. The van der Waals surface area contributed by atoms with Crippen molar-refractivity contribution in [3.05, 3.63) is 23.0 Å². The Bertz CT molecular complexity index is 336. The molecule has 0 atom stereocenters. The van der Waals surface area contributed by atoms with Gasteiger partial charge in [0, 0.05) is 30.9 Å². The number of aromatic nitrogens is 1. The second-order valence-electron chi connectivity index (χ2n) is 4.84. The van der Waals surface area contributed by atoms with Gasteiger partial charge in [0.1, 0.15) is 0 Å². The minimum Gasteiger partial charge on any atom is -0.362 e. The van der Waals surface area contributed by atoms with E-state index in [1.165, 1.54) is 43.6 Å². The number of hydrogen-bond donors (Lipinski definition) is 1. The molecule has 1 aliphatic heterocycles. The number of H-pyrrole nitrogens is 1. The zero-order valence-corrected chi connectivity index (χ0v) is 8.84. The smallest absolute Gasteiger partial charge is 0.0248 e. The zero-order chi connectivity index (χ0) is 9.54. The van der Waals surface area contributed by atoms with E-state index in [2.05, 4.69) is 23.0 Å². The van der Waals surface area contributed by atoms with Gasteiger partial charge in [-0.2, -0.15) is 0 Å². The van der Waals surface area contributed by atoms with Crippen LogP contribution in [-0.4, -0.2) is 23.5 Å². The second-order valence-corrected chi connectivity index (χ2v) is 4.84. The van der Waals surface area contributed by atoms with Gasteiger partial charge in [-0.05, 0) is 37.4 Å². The molecule has 1 N–H and O–H groups in total. The molecule has 1 fully saturated rings. The minimum atomic E-state index is 0.853. The van der Waals surface area contributed by atoms with Crippen LogP contribution in [0.4, 0.5) is 0 Å². The van der Waals surface area contributed by atoms with E-state index in [1.54, 1.807) is 5.56 Å². The second kappa shape index (κ2) is 3.13. The summed E-state index contributed by atoms with van der Waals surface area (Å²) < 4.78 is 0. The predicted molar refractivity (Wildman–Crippen MR) is 57.4 cm³/mol. The third-order valence-corrected chi connectivity index (χ3v) is 3.74. The number of nitrogens with one attached hydrogen (secondary N) is 1. The topological polar surface area (TPSA) is 19.0 Å². The molecule has 1 saturated carbocycles. The number of aromatic amines is 1. The molecule has 14 heavy (non-hydrogen) atoms. The van der Waals surface area contributed by atoms with Crippen LogP contribution in [0.25, 0.3) is 0 Å². The Labute approximate surface area is 85.3 Å². The summed E-state index contributed by atoms with van der Waals surface area (Å²) in [5.41, 5.74) is 4.56. The van der Waals surface area contributed by atoms with Crippen LogP contribution >= 0.6 is 0 Å². The van der Waals surface area contributed by atoms with Crippen LogP contribution in [0.2, 0.25) is 0 Å². The summed E-state index contributed by atoms with van der Waals surface area (Å²) in [6.07, 6.45) is 5.43. The van der Waals surface area contributed by atoms with Crippen molar-refractivity contribution in [2.24, 2.45) is 0 Å². The highest BCUT2D eigenvalue weighted by Gasteiger charge is 2.24. The first-order valence-electron chi connectivity index (χ1n) is 5.72. The molecule has 1 aliphatic carbocycles. The van der Waals surface area contributed by atoms with Crippen molar-refractivity contribution in [2.45, 2.75) is 38.1 Å². The Morgan fingerprint density at radius 2 is 2.29 bits per heavy atom. The van der Waals surface area contributed by atoms with Gasteiger partial charge >= 0.3 is 0 Å². The van der Waals surface area contributed by atoms with Crippen molar-refractivity contribution in [3.8, 4) is 0 Å². The molecule has 0 radical (unpaired) electrons. The van der Waals surface area contributed by atoms with Gasteiger partial charge in [0.2, 0.25) is 0 Å². The molecule has 2 nitrogen and oxygen atoms in total. The maximum atomic E-state index is 3.63. The molecule has 0 amide bonds. The van der Waals surface area contributed by atoms with Crippen molar-refractivity contribution < 1.29 is 0 Å². The summed E-state index contributed by atoms with van der Waals surface area (Å²) in [6.45, 7) is 2.34. The first-order chi connectivity index (χ1) is 6.83. The summed E-state index contributed by atoms with van der Waals surface area (Å²) in [5.74, 6) is 0.853. The predicted octanol–water partition coefficient (Wildman–Crippen LogP) is 2.27. The number of likely N-dealkylation sites (N-methyl/N-ethyl adjacent to an activating group) is 1. The Morgan fingerprint density at radius 1 is 1.43 bits per heavy atom. The highest BCUT2D eigenvalue weighted by molar-refractivity contribution is 5.30. The quantitative estimate of drug-likeness (QED) is 0.719. The van der Waals surface area contributed by atoms with Gasteiger partial charge in [0.05, 0.1) is 0 Å². The van der Waals surface area contributed by atoms with Gasteiger partial charge in [-0.15, -0.1) is 0 Å². The van der Waals surface area contributed by atoms with E-state index in [1.807, 2.05) is 0 Å². The van der Waals surface area contributed by atoms with Crippen LogP contribution in [0.5, 0.6) is 0 Å². The lowest BCUT2D eigenvalue weighted by Crippen LogP contribution is -2.25. The monoisotopic (exact) mass is 190 g/mol. The molecule has 76 valence electrons. The zero-order valence-electron chi connectivity index (χ0n) is 8.84. The van der Waals surface area contributed by atoms with Crippen LogP contribution in [0.15, 0.2) is 6.07 Å². The molecule has 2 aliphatic rings. The van der Waals surface area contributed by atoms with E-state index in [-0.39, 0.29) is 0 Å². The van der Waals surface area contributed by atoms with Gasteiger partial charge in [-0.25, -0.2) is 0 Å². The molecule has 1 aromatic heterocycles. The first kappa shape index (κ1) is 8.54. The van der Waals surface area contributed by atoms with Gasteiger partial charge in [-0.1, -0.05) is 6.42 Å². The molecule has 1 aromatic rings. The number of rotatable bonds is 1. The van der Waals surface area contributed by atoms with Crippen molar-refractivity contribution in [3.63, 3.8) is 0 Å². The highest BCUT2D eigenvalue weighted by atomic mass is 15.1. The van der Waals surface area contributed by atoms with E-state index in [0.717, 1.165) is 12.5 Å². The molecule has 0 unspecified atom stereocenters. The van der Waals surface area contributed by atoms with Gasteiger partial charge in [0.15, 0.2) is 0 Å². The van der Waals surface area contributed by atoms with Gasteiger partial charge in [-0.3, -0.25) is 0 Å². The van der Waals surface area contributed by atoms with Crippen molar-refractivity contribution in [1.82, 2.24) is 9.88 Å². The molecule has 3 rings (SSSR count). The minimum absolute atomic E-state index is 0.853. The average molecular weight is 190 g/mol. The van der Waals surface area contributed by atoms with Crippen LogP contribution < -0.4 is 0 Å². The van der Waals surface area contributed by atoms with Gasteiger partial charge in [0.25, 0.3) is 0 Å². The fourth-order valence-electron chi connectivity index (χ4n) is 2.54. The van der Waals surface area contributed by atoms with Crippen molar-refractivity contribution >= 4 is 0 Å². The van der Waals surface area contributed by atoms with Crippen LogP contribution in [0.1, 0.15) is 42.1 Å². The standard InChI is InChI=1S/C12H18N2/c1-14-6-5-11-10(8-14)7-12(13-11)9-3-2-4-9/h7,9,13H,2-6,8H2,1H3. The van der Waals surface area contributed by atoms with E-state index in [4.69, 9.17) is 0 Å². The fraction of sp³-hybridized carbons (Fsp3) is 0.667. The molecule has 0 saturated heterocycles. The normalized spacial score (nSPS) is 23.2. The third kappa shape index (κ3) is 1.29. The summed E-state index contributed by atoms with van der Waals surface area (Å²) in [7, 11) is 2.21. The fourth-order valence-corrected chi connectivity index (χ4v) is 2.54. The van der Waals surface area contributed by atoms with Gasteiger partial charge < -0.3 is 9.88 Å². The molecule has 2 heteroatoms. The summed E-state index contributed by atoms with van der Waals surface area (Å²) in [4.78, 5) is 6.03. The van der Waals surface area contributed by atoms with Crippen LogP contribution in [0, 0.1) is 0 Å². The Morgan fingerprint density at radius 3 is 3.00 bits per heavy atom. The Kier molecular flexibility index (Phi) is 1.91. The maximum Gasteiger partial charge on any atom is 0.0248 e. The lowest BCUT2D eigenvalue weighted by atomic mass is 9.83.